The number of rotatable bonds is 3. The van der Waals surface area contributed by atoms with E-state index in [2.05, 4.69) is 4.99 Å². The van der Waals surface area contributed by atoms with Crippen LogP contribution in [0.1, 0.15) is 5.56 Å². The van der Waals surface area contributed by atoms with Crippen molar-refractivity contribution in [3.05, 3.63) is 82.7 Å². The average Bonchev–Trinajstić information content (AvgIpc) is 2.52. The van der Waals surface area contributed by atoms with E-state index in [0.29, 0.717) is 5.58 Å². The minimum absolute atomic E-state index is 0.343. The van der Waals surface area contributed by atoms with Crippen molar-refractivity contribution in [1.82, 2.24) is 0 Å². The number of hydrogen-bond donors (Lipinski definition) is 0. The van der Waals surface area contributed by atoms with Gasteiger partial charge < -0.3 is 4.42 Å². The van der Waals surface area contributed by atoms with Gasteiger partial charge in [0.15, 0.2) is 0 Å². The summed E-state index contributed by atoms with van der Waals surface area (Å²) in [5.74, 6) is 0. The van der Waals surface area contributed by atoms with Crippen LogP contribution in [-0.2, 0) is 0 Å². The van der Waals surface area contributed by atoms with E-state index < -0.39 is 0 Å². The summed E-state index contributed by atoms with van der Waals surface area (Å²) >= 11 is 0. The molecular weight excluding hydrogens is 262 g/mol. The summed E-state index contributed by atoms with van der Waals surface area (Å²) < 4.78 is 5.08. The van der Waals surface area contributed by atoms with Crippen LogP contribution in [0.4, 0.5) is 5.69 Å². The van der Waals surface area contributed by atoms with Crippen LogP contribution in [0.25, 0.3) is 17.0 Å². The third-order valence-electron chi connectivity index (χ3n) is 3.00. The predicted molar refractivity (Wildman–Crippen MR) is 86.1 cm³/mol. The fraction of sp³-hybridized carbons (Fsp3) is 0. The summed E-state index contributed by atoms with van der Waals surface area (Å²) in [6.45, 7) is 0. The van der Waals surface area contributed by atoms with Crippen LogP contribution in [0.2, 0.25) is 0 Å². The van der Waals surface area contributed by atoms with Crippen molar-refractivity contribution in [1.29, 1.82) is 0 Å². The zero-order valence-corrected chi connectivity index (χ0v) is 11.3. The van der Waals surface area contributed by atoms with Crippen molar-refractivity contribution in [2.45, 2.75) is 0 Å². The topological polar surface area (TPSA) is 42.6 Å². The Labute approximate surface area is 121 Å². The molecule has 0 bridgehead atoms. The van der Waals surface area contributed by atoms with E-state index in [0.717, 1.165) is 16.6 Å². The summed E-state index contributed by atoms with van der Waals surface area (Å²) in [6.07, 6.45) is 5.63. The highest BCUT2D eigenvalue weighted by molar-refractivity contribution is 5.84. The summed E-state index contributed by atoms with van der Waals surface area (Å²) in [5, 5.41) is 0.858. The van der Waals surface area contributed by atoms with Crippen molar-refractivity contribution >= 4 is 28.9 Å². The van der Waals surface area contributed by atoms with Crippen LogP contribution in [0.3, 0.4) is 0 Å². The molecule has 102 valence electrons. The van der Waals surface area contributed by atoms with E-state index in [1.165, 1.54) is 6.07 Å². The van der Waals surface area contributed by atoms with Gasteiger partial charge in [-0.1, -0.05) is 36.4 Å². The first-order valence-corrected chi connectivity index (χ1v) is 6.61. The zero-order valence-electron chi connectivity index (χ0n) is 11.3. The number of allylic oxidation sites excluding steroid dienone is 1. The lowest BCUT2D eigenvalue weighted by molar-refractivity contribution is 0.561. The van der Waals surface area contributed by atoms with Crippen LogP contribution in [0.5, 0.6) is 0 Å². The van der Waals surface area contributed by atoms with E-state index in [1.807, 2.05) is 54.6 Å². The molecule has 2 aromatic carbocycles. The van der Waals surface area contributed by atoms with E-state index in [4.69, 9.17) is 4.42 Å². The van der Waals surface area contributed by atoms with Gasteiger partial charge in [0.1, 0.15) is 5.58 Å². The Kier molecular flexibility index (Phi) is 3.74. The molecule has 0 spiro atoms. The highest BCUT2D eigenvalue weighted by Crippen LogP contribution is 2.19. The zero-order chi connectivity index (χ0) is 14.5. The molecule has 0 amide bonds. The molecule has 0 saturated heterocycles. The maximum absolute atomic E-state index is 11.1. The van der Waals surface area contributed by atoms with Gasteiger partial charge in [0, 0.05) is 17.7 Å². The molecule has 0 N–H and O–H groups in total. The molecule has 3 heteroatoms. The van der Waals surface area contributed by atoms with Gasteiger partial charge in [0.05, 0.1) is 5.69 Å². The average molecular weight is 275 g/mol. The molecule has 0 atom stereocenters. The Bertz CT molecular complexity index is 861. The highest BCUT2D eigenvalue weighted by Gasteiger charge is 1.97. The Morgan fingerprint density at radius 2 is 1.81 bits per heavy atom. The number of nitrogens with zero attached hydrogens (tertiary/aromatic N) is 1. The summed E-state index contributed by atoms with van der Waals surface area (Å²) in [7, 11) is 0. The van der Waals surface area contributed by atoms with Crippen molar-refractivity contribution in [2.75, 3.05) is 0 Å². The Balaban J connectivity index is 1.78. The monoisotopic (exact) mass is 275 g/mol. The quantitative estimate of drug-likeness (QED) is 0.531. The lowest BCUT2D eigenvalue weighted by Gasteiger charge is -1.96. The van der Waals surface area contributed by atoms with E-state index in [9.17, 15) is 4.79 Å². The molecule has 1 heterocycles. The lowest BCUT2D eigenvalue weighted by atomic mass is 10.2. The van der Waals surface area contributed by atoms with Crippen molar-refractivity contribution < 1.29 is 4.42 Å². The van der Waals surface area contributed by atoms with Gasteiger partial charge in [0.25, 0.3) is 0 Å². The van der Waals surface area contributed by atoms with E-state index in [-0.39, 0.29) is 5.63 Å². The normalized spacial score (nSPS) is 11.6. The van der Waals surface area contributed by atoms with Crippen LogP contribution < -0.4 is 5.63 Å². The molecular formula is C18H13NO2. The largest absolute Gasteiger partial charge is 0.423 e. The fourth-order valence-electron chi connectivity index (χ4n) is 1.99. The first kappa shape index (κ1) is 13.1. The first-order chi connectivity index (χ1) is 10.3. The van der Waals surface area contributed by atoms with Crippen molar-refractivity contribution in [2.24, 2.45) is 4.99 Å². The maximum Gasteiger partial charge on any atom is 0.336 e. The summed E-state index contributed by atoms with van der Waals surface area (Å²) in [4.78, 5) is 15.5. The van der Waals surface area contributed by atoms with Gasteiger partial charge in [-0.15, -0.1) is 0 Å². The molecule has 0 saturated carbocycles. The standard InChI is InChI=1S/C18H13NO2/c20-18-11-8-15-13-16(9-10-17(15)21-18)19-12-4-7-14-5-2-1-3-6-14/h1-13H. The third kappa shape index (κ3) is 3.34. The molecule has 0 aliphatic carbocycles. The molecule has 3 nitrogen and oxygen atoms in total. The molecule has 3 rings (SSSR count). The first-order valence-electron chi connectivity index (χ1n) is 6.61. The van der Waals surface area contributed by atoms with Crippen molar-refractivity contribution in [3.8, 4) is 0 Å². The smallest absolute Gasteiger partial charge is 0.336 e. The second kappa shape index (κ2) is 6.01. The molecule has 0 aliphatic rings. The molecule has 0 fully saturated rings. The van der Waals surface area contributed by atoms with E-state index >= 15 is 0 Å². The fourth-order valence-corrected chi connectivity index (χ4v) is 1.99. The van der Waals surface area contributed by atoms with Gasteiger partial charge in [-0.3, -0.25) is 4.99 Å². The second-order valence-corrected chi connectivity index (χ2v) is 4.52. The van der Waals surface area contributed by atoms with Gasteiger partial charge in [0.2, 0.25) is 0 Å². The highest BCUT2D eigenvalue weighted by atomic mass is 16.4. The third-order valence-corrected chi connectivity index (χ3v) is 3.00. The number of hydrogen-bond acceptors (Lipinski definition) is 3. The SMILES string of the molecule is O=c1ccc2cc(N=CC=Cc3ccccc3)ccc2o1. The molecule has 0 unspecified atom stereocenters. The summed E-state index contributed by atoms with van der Waals surface area (Å²) in [5.41, 5.74) is 2.17. The van der Waals surface area contributed by atoms with Gasteiger partial charge in [-0.2, -0.15) is 0 Å². The minimum Gasteiger partial charge on any atom is -0.423 e. The molecule has 21 heavy (non-hydrogen) atoms. The Morgan fingerprint density at radius 3 is 2.67 bits per heavy atom. The van der Waals surface area contributed by atoms with Gasteiger partial charge in [-0.25, -0.2) is 4.79 Å². The predicted octanol–water partition coefficient (Wildman–Crippen LogP) is 4.21. The number of benzene rings is 2. The van der Waals surface area contributed by atoms with Crippen LogP contribution in [0.15, 0.2) is 80.9 Å². The second-order valence-electron chi connectivity index (χ2n) is 4.52. The molecule has 1 aromatic heterocycles. The lowest BCUT2D eigenvalue weighted by Crippen LogP contribution is -1.93. The molecule has 0 radical (unpaired) electrons. The number of aliphatic imine (C=N–C) groups is 1. The summed E-state index contributed by atoms with van der Waals surface area (Å²) in [6, 6.07) is 18.6. The Hall–Kier alpha value is -2.94. The maximum atomic E-state index is 11.1. The molecule has 3 aromatic rings. The number of fused-ring (bicyclic) bond motifs is 1. The molecule has 0 aliphatic heterocycles. The van der Waals surface area contributed by atoms with Crippen LogP contribution >= 0.6 is 0 Å². The minimum atomic E-state index is -0.343. The van der Waals surface area contributed by atoms with Gasteiger partial charge in [-0.05, 0) is 35.9 Å². The Morgan fingerprint density at radius 1 is 0.952 bits per heavy atom. The van der Waals surface area contributed by atoms with E-state index in [1.54, 1.807) is 18.3 Å². The van der Waals surface area contributed by atoms with Gasteiger partial charge >= 0.3 is 5.63 Å². The van der Waals surface area contributed by atoms with Crippen LogP contribution in [-0.4, -0.2) is 6.21 Å². The van der Waals surface area contributed by atoms with Crippen LogP contribution in [0, 0.1) is 0 Å². The van der Waals surface area contributed by atoms with Crippen molar-refractivity contribution in [3.63, 3.8) is 0 Å².